The van der Waals surface area contributed by atoms with E-state index in [1.807, 2.05) is 24.5 Å². The number of anilines is 1. The van der Waals surface area contributed by atoms with Crippen molar-refractivity contribution >= 4 is 17.4 Å². The summed E-state index contributed by atoms with van der Waals surface area (Å²) in [4.78, 5) is 1.13. The minimum absolute atomic E-state index is 0.413. The number of ether oxygens (including phenoxy) is 1. The summed E-state index contributed by atoms with van der Waals surface area (Å²) in [5, 5.41) is 0. The third-order valence-electron chi connectivity index (χ3n) is 2.04. The van der Waals surface area contributed by atoms with Crippen molar-refractivity contribution in [2.75, 3.05) is 12.0 Å². The van der Waals surface area contributed by atoms with Gasteiger partial charge in [0.2, 0.25) is 0 Å². The van der Waals surface area contributed by atoms with Gasteiger partial charge in [-0.2, -0.15) is 0 Å². The Hall–Kier alpha value is -0.830. The molecule has 70 valence electrons. The van der Waals surface area contributed by atoms with E-state index in [0.717, 1.165) is 16.3 Å². The van der Waals surface area contributed by atoms with Crippen molar-refractivity contribution < 1.29 is 4.74 Å². The highest BCUT2D eigenvalue weighted by Gasteiger charge is 2.25. The van der Waals surface area contributed by atoms with Gasteiger partial charge in [-0.15, -0.1) is 11.8 Å². The molecule has 0 bridgehead atoms. The molecule has 1 aromatic rings. The molecule has 0 unspecified atom stereocenters. The van der Waals surface area contributed by atoms with Gasteiger partial charge in [-0.3, -0.25) is 0 Å². The first-order chi connectivity index (χ1) is 6.31. The normalized spacial score (nSPS) is 15.8. The van der Waals surface area contributed by atoms with E-state index < -0.39 is 0 Å². The first kappa shape index (κ1) is 8.75. The lowest BCUT2D eigenvalue weighted by Crippen LogP contribution is -2.00. The van der Waals surface area contributed by atoms with Crippen molar-refractivity contribution in [3.63, 3.8) is 0 Å². The lowest BCUT2D eigenvalue weighted by molar-refractivity contribution is 0.298. The first-order valence-corrected chi connectivity index (χ1v) is 5.63. The summed E-state index contributed by atoms with van der Waals surface area (Å²) in [6.07, 6.45) is 4.79. The van der Waals surface area contributed by atoms with Crippen LogP contribution in [0.25, 0.3) is 0 Å². The molecular weight excluding hydrogens is 182 g/mol. The van der Waals surface area contributed by atoms with E-state index in [1.165, 1.54) is 12.8 Å². The highest BCUT2D eigenvalue weighted by molar-refractivity contribution is 7.98. The third kappa shape index (κ3) is 1.91. The SMILES string of the molecule is CSc1cccc(N)c1OC1CC1. The van der Waals surface area contributed by atoms with Crippen LogP contribution in [0, 0.1) is 0 Å². The van der Waals surface area contributed by atoms with Crippen LogP contribution in [0.5, 0.6) is 5.75 Å². The highest BCUT2D eigenvalue weighted by atomic mass is 32.2. The van der Waals surface area contributed by atoms with Crippen LogP contribution in [0.15, 0.2) is 23.1 Å². The maximum atomic E-state index is 5.83. The van der Waals surface area contributed by atoms with E-state index in [-0.39, 0.29) is 0 Å². The fraction of sp³-hybridized carbons (Fsp3) is 0.400. The van der Waals surface area contributed by atoms with Crippen molar-refractivity contribution in [3.05, 3.63) is 18.2 Å². The Morgan fingerprint density at radius 3 is 2.85 bits per heavy atom. The van der Waals surface area contributed by atoms with Crippen LogP contribution in [-0.4, -0.2) is 12.4 Å². The molecule has 0 aromatic heterocycles. The summed E-state index contributed by atoms with van der Waals surface area (Å²) in [5.41, 5.74) is 6.58. The van der Waals surface area contributed by atoms with E-state index in [4.69, 9.17) is 10.5 Å². The van der Waals surface area contributed by atoms with Gasteiger partial charge < -0.3 is 10.5 Å². The molecule has 2 nitrogen and oxygen atoms in total. The maximum Gasteiger partial charge on any atom is 0.156 e. The molecule has 0 heterocycles. The van der Waals surface area contributed by atoms with Crippen LogP contribution in [-0.2, 0) is 0 Å². The molecule has 1 aliphatic carbocycles. The van der Waals surface area contributed by atoms with Crippen LogP contribution in [0.4, 0.5) is 5.69 Å². The predicted molar refractivity (Wildman–Crippen MR) is 56.3 cm³/mol. The molecule has 0 amide bonds. The van der Waals surface area contributed by atoms with Gasteiger partial charge in [-0.25, -0.2) is 0 Å². The summed E-state index contributed by atoms with van der Waals surface area (Å²) >= 11 is 1.67. The van der Waals surface area contributed by atoms with Gasteiger partial charge in [0.15, 0.2) is 5.75 Å². The van der Waals surface area contributed by atoms with Crippen molar-refractivity contribution in [1.29, 1.82) is 0 Å². The van der Waals surface area contributed by atoms with Gasteiger partial charge in [0, 0.05) is 0 Å². The molecule has 0 radical (unpaired) electrons. The average Bonchev–Trinajstić information content (AvgIpc) is 2.92. The van der Waals surface area contributed by atoms with Crippen molar-refractivity contribution in [2.45, 2.75) is 23.8 Å². The largest absolute Gasteiger partial charge is 0.487 e. The molecule has 2 N–H and O–H groups in total. The van der Waals surface area contributed by atoms with Gasteiger partial charge in [-0.1, -0.05) is 6.07 Å². The molecule has 0 atom stereocenters. The van der Waals surface area contributed by atoms with E-state index in [2.05, 4.69) is 0 Å². The number of benzene rings is 1. The van der Waals surface area contributed by atoms with Crippen molar-refractivity contribution in [3.8, 4) is 5.75 Å². The fourth-order valence-electron chi connectivity index (χ4n) is 1.17. The fourth-order valence-corrected chi connectivity index (χ4v) is 1.74. The topological polar surface area (TPSA) is 35.2 Å². The predicted octanol–water partition coefficient (Wildman–Crippen LogP) is 2.53. The molecule has 1 aromatic carbocycles. The van der Waals surface area contributed by atoms with Crippen LogP contribution in [0.1, 0.15) is 12.8 Å². The van der Waals surface area contributed by atoms with Crippen LogP contribution in [0.3, 0.4) is 0 Å². The number of nitrogen functional groups attached to an aromatic ring is 1. The molecule has 1 fully saturated rings. The number of hydrogen-bond acceptors (Lipinski definition) is 3. The number of rotatable bonds is 3. The van der Waals surface area contributed by atoms with Gasteiger partial charge in [0.25, 0.3) is 0 Å². The van der Waals surface area contributed by atoms with Crippen LogP contribution in [0.2, 0.25) is 0 Å². The number of thioether (sulfide) groups is 1. The standard InChI is InChI=1S/C10H13NOS/c1-13-9-4-2-3-8(11)10(9)12-7-5-6-7/h2-4,7H,5-6,11H2,1H3. The average molecular weight is 195 g/mol. The second-order valence-electron chi connectivity index (χ2n) is 3.20. The molecular formula is C10H13NOS. The minimum Gasteiger partial charge on any atom is -0.487 e. The Labute approximate surface area is 82.5 Å². The first-order valence-electron chi connectivity index (χ1n) is 4.40. The second kappa shape index (κ2) is 3.50. The molecule has 0 spiro atoms. The molecule has 0 saturated heterocycles. The van der Waals surface area contributed by atoms with Crippen LogP contribution >= 0.6 is 11.8 Å². The summed E-state index contributed by atoms with van der Waals surface area (Å²) in [6.45, 7) is 0. The molecule has 1 aliphatic rings. The number of nitrogens with two attached hydrogens (primary N) is 1. The smallest absolute Gasteiger partial charge is 0.156 e. The van der Waals surface area contributed by atoms with E-state index in [9.17, 15) is 0 Å². The Balaban J connectivity index is 2.27. The molecule has 3 heteroatoms. The lowest BCUT2D eigenvalue weighted by Gasteiger charge is -2.11. The van der Waals surface area contributed by atoms with Crippen molar-refractivity contribution in [1.82, 2.24) is 0 Å². The summed E-state index contributed by atoms with van der Waals surface area (Å²) in [5.74, 6) is 0.873. The quantitative estimate of drug-likeness (QED) is 0.594. The van der Waals surface area contributed by atoms with Gasteiger partial charge in [0.05, 0.1) is 16.7 Å². The minimum atomic E-state index is 0.413. The second-order valence-corrected chi connectivity index (χ2v) is 4.04. The Kier molecular flexibility index (Phi) is 2.36. The van der Waals surface area contributed by atoms with E-state index in [0.29, 0.717) is 6.10 Å². The summed E-state index contributed by atoms with van der Waals surface area (Å²) in [7, 11) is 0. The zero-order chi connectivity index (χ0) is 9.26. The Morgan fingerprint density at radius 1 is 1.46 bits per heavy atom. The lowest BCUT2D eigenvalue weighted by atomic mass is 10.3. The number of hydrogen-bond donors (Lipinski definition) is 1. The van der Waals surface area contributed by atoms with E-state index in [1.54, 1.807) is 11.8 Å². The molecule has 13 heavy (non-hydrogen) atoms. The van der Waals surface area contributed by atoms with Gasteiger partial charge in [0.1, 0.15) is 0 Å². The summed E-state index contributed by atoms with van der Waals surface area (Å²) in [6, 6.07) is 5.89. The molecule has 1 saturated carbocycles. The van der Waals surface area contributed by atoms with Crippen LogP contribution < -0.4 is 10.5 Å². The molecule has 2 rings (SSSR count). The zero-order valence-electron chi connectivity index (χ0n) is 7.62. The number of para-hydroxylation sites is 1. The van der Waals surface area contributed by atoms with E-state index >= 15 is 0 Å². The van der Waals surface area contributed by atoms with Gasteiger partial charge in [-0.05, 0) is 31.2 Å². The van der Waals surface area contributed by atoms with Gasteiger partial charge >= 0.3 is 0 Å². The third-order valence-corrected chi connectivity index (χ3v) is 2.80. The van der Waals surface area contributed by atoms with Crippen molar-refractivity contribution in [2.24, 2.45) is 0 Å². The molecule has 0 aliphatic heterocycles. The maximum absolute atomic E-state index is 5.83. The zero-order valence-corrected chi connectivity index (χ0v) is 8.43. The summed E-state index contributed by atoms with van der Waals surface area (Å²) < 4.78 is 5.73. The highest BCUT2D eigenvalue weighted by Crippen LogP contribution is 2.37. The monoisotopic (exact) mass is 195 g/mol. The Morgan fingerprint density at radius 2 is 2.23 bits per heavy atom. The Bertz CT molecular complexity index is 310.